The molecule has 0 saturated carbocycles. The molecule has 0 heterocycles. The second-order valence-corrected chi connectivity index (χ2v) is 5.79. The predicted octanol–water partition coefficient (Wildman–Crippen LogP) is 4.15. The number of halogens is 1. The van der Waals surface area contributed by atoms with Crippen LogP contribution in [0, 0.1) is 21.8 Å². The van der Waals surface area contributed by atoms with Gasteiger partial charge in [-0.1, -0.05) is 35.9 Å². The number of anilines is 1. The highest BCUT2D eigenvalue weighted by molar-refractivity contribution is 14.1. The Morgan fingerprint density at radius 1 is 1.24 bits per heavy atom. The van der Waals surface area contributed by atoms with Gasteiger partial charge in [0, 0.05) is 9.26 Å². The van der Waals surface area contributed by atoms with Crippen LogP contribution in [0.4, 0.5) is 5.69 Å². The molecule has 0 spiro atoms. The number of carbonyl (C=O) groups excluding carboxylic acids is 1. The first-order valence-corrected chi connectivity index (χ1v) is 7.42. The van der Waals surface area contributed by atoms with Crippen molar-refractivity contribution in [2.75, 3.05) is 5.32 Å². The fraction of sp³-hybridized carbons (Fsp3) is 0.0588. The molecule has 0 bridgehead atoms. The van der Waals surface area contributed by atoms with E-state index >= 15 is 0 Å². The normalized spacial score (nSPS) is 10.8. The van der Waals surface area contributed by atoms with E-state index in [2.05, 4.69) is 27.9 Å². The summed E-state index contributed by atoms with van der Waals surface area (Å²) in [5, 5.41) is 11.9. The van der Waals surface area contributed by atoms with Gasteiger partial charge in [0.1, 0.15) is 11.6 Å². The highest BCUT2D eigenvalue weighted by Crippen LogP contribution is 2.15. The predicted molar refractivity (Wildman–Crippen MR) is 92.6 cm³/mol. The zero-order chi connectivity index (χ0) is 15.2. The summed E-state index contributed by atoms with van der Waals surface area (Å²) < 4.78 is 1.02. The molecule has 1 N–H and O–H groups in total. The van der Waals surface area contributed by atoms with E-state index in [0.717, 1.165) is 14.7 Å². The van der Waals surface area contributed by atoms with Crippen molar-refractivity contribution in [1.82, 2.24) is 0 Å². The summed E-state index contributed by atoms with van der Waals surface area (Å²) in [6, 6.07) is 17.0. The number of rotatable bonds is 3. The Labute approximate surface area is 137 Å². The number of nitrogens with zero attached hydrogens (tertiary/aromatic N) is 1. The van der Waals surface area contributed by atoms with Crippen molar-refractivity contribution in [3.63, 3.8) is 0 Å². The zero-order valence-electron chi connectivity index (χ0n) is 11.4. The molecule has 0 radical (unpaired) electrons. The maximum absolute atomic E-state index is 12.1. The van der Waals surface area contributed by atoms with Gasteiger partial charge in [-0.25, -0.2) is 0 Å². The number of nitriles is 1. The Bertz CT molecular complexity index is 744. The molecular weight excluding hydrogens is 375 g/mol. The molecule has 3 nitrogen and oxygen atoms in total. The molecule has 0 saturated heterocycles. The fourth-order valence-corrected chi connectivity index (χ4v) is 2.38. The molecule has 0 aliphatic carbocycles. The molecule has 0 aliphatic rings. The number of benzene rings is 2. The zero-order valence-corrected chi connectivity index (χ0v) is 13.6. The lowest BCUT2D eigenvalue weighted by molar-refractivity contribution is -0.112. The average molecular weight is 388 g/mol. The first kappa shape index (κ1) is 15.3. The summed E-state index contributed by atoms with van der Waals surface area (Å²) in [5.74, 6) is -0.402. The minimum Gasteiger partial charge on any atom is -0.321 e. The van der Waals surface area contributed by atoms with Crippen molar-refractivity contribution < 1.29 is 4.79 Å². The van der Waals surface area contributed by atoms with Crippen LogP contribution in [0.2, 0.25) is 0 Å². The second-order valence-electron chi connectivity index (χ2n) is 4.55. The fourth-order valence-electron chi connectivity index (χ4n) is 1.84. The lowest BCUT2D eigenvalue weighted by Crippen LogP contribution is -2.13. The highest BCUT2D eigenvalue weighted by Gasteiger charge is 2.09. The minimum atomic E-state index is -0.402. The van der Waals surface area contributed by atoms with Crippen molar-refractivity contribution in [3.05, 3.63) is 68.8 Å². The van der Waals surface area contributed by atoms with Gasteiger partial charge >= 0.3 is 0 Å². The molecule has 1 amide bonds. The van der Waals surface area contributed by atoms with Gasteiger partial charge in [0.15, 0.2) is 0 Å². The molecule has 21 heavy (non-hydrogen) atoms. The molecule has 2 aromatic carbocycles. The van der Waals surface area contributed by atoms with Crippen LogP contribution in [-0.2, 0) is 4.79 Å². The first-order valence-electron chi connectivity index (χ1n) is 6.34. The van der Waals surface area contributed by atoms with Crippen molar-refractivity contribution >= 4 is 40.3 Å². The minimum absolute atomic E-state index is 0.0828. The van der Waals surface area contributed by atoms with Gasteiger partial charge in [-0.3, -0.25) is 4.79 Å². The van der Waals surface area contributed by atoms with Gasteiger partial charge in [0.25, 0.3) is 5.91 Å². The van der Waals surface area contributed by atoms with E-state index in [-0.39, 0.29) is 5.57 Å². The molecular formula is C17H13IN2O. The Balaban J connectivity index is 2.21. The van der Waals surface area contributed by atoms with Crippen molar-refractivity contribution in [1.29, 1.82) is 5.26 Å². The van der Waals surface area contributed by atoms with E-state index in [1.54, 1.807) is 12.1 Å². The van der Waals surface area contributed by atoms with E-state index in [0.29, 0.717) is 5.69 Å². The third-order valence-electron chi connectivity index (χ3n) is 2.80. The maximum atomic E-state index is 12.1. The van der Waals surface area contributed by atoms with E-state index in [1.165, 1.54) is 0 Å². The van der Waals surface area contributed by atoms with Crippen LogP contribution in [0.15, 0.2) is 54.1 Å². The van der Waals surface area contributed by atoms with Gasteiger partial charge < -0.3 is 5.32 Å². The van der Waals surface area contributed by atoms with Gasteiger partial charge in [-0.2, -0.15) is 5.26 Å². The summed E-state index contributed by atoms with van der Waals surface area (Å²) >= 11 is 2.17. The van der Waals surface area contributed by atoms with E-state index in [1.807, 2.05) is 55.5 Å². The summed E-state index contributed by atoms with van der Waals surface area (Å²) in [6.45, 7) is 1.97. The Morgan fingerprint density at radius 3 is 2.67 bits per heavy atom. The van der Waals surface area contributed by atoms with Crippen molar-refractivity contribution in [2.45, 2.75) is 6.92 Å². The molecule has 2 aromatic rings. The highest BCUT2D eigenvalue weighted by atomic mass is 127. The molecule has 0 unspecified atom stereocenters. The Hall–Kier alpha value is -2.13. The molecule has 0 aliphatic heterocycles. The van der Waals surface area contributed by atoms with Crippen LogP contribution in [-0.4, -0.2) is 5.91 Å². The number of hydrogen-bond acceptors (Lipinski definition) is 2. The second kappa shape index (κ2) is 7.04. The smallest absolute Gasteiger partial charge is 0.266 e. The van der Waals surface area contributed by atoms with E-state index in [9.17, 15) is 10.1 Å². The number of hydrogen-bond donors (Lipinski definition) is 1. The first-order chi connectivity index (χ1) is 10.1. The molecule has 0 aromatic heterocycles. The summed E-state index contributed by atoms with van der Waals surface area (Å²) in [4.78, 5) is 12.1. The van der Waals surface area contributed by atoms with Crippen LogP contribution in [0.25, 0.3) is 6.08 Å². The third-order valence-corrected chi connectivity index (χ3v) is 3.47. The molecule has 0 fully saturated rings. The van der Waals surface area contributed by atoms with Crippen LogP contribution >= 0.6 is 22.6 Å². The maximum Gasteiger partial charge on any atom is 0.266 e. The van der Waals surface area contributed by atoms with Gasteiger partial charge in [-0.15, -0.1) is 0 Å². The van der Waals surface area contributed by atoms with Crippen LogP contribution in [0.1, 0.15) is 11.1 Å². The molecule has 0 atom stereocenters. The topological polar surface area (TPSA) is 52.9 Å². The molecule has 2 rings (SSSR count). The average Bonchev–Trinajstić information content (AvgIpc) is 2.44. The largest absolute Gasteiger partial charge is 0.321 e. The van der Waals surface area contributed by atoms with Crippen molar-refractivity contribution in [3.8, 4) is 6.07 Å². The van der Waals surface area contributed by atoms with Gasteiger partial charge in [0.05, 0.1) is 0 Å². The number of nitrogens with one attached hydrogen (secondary N) is 1. The van der Waals surface area contributed by atoms with Gasteiger partial charge in [0.2, 0.25) is 0 Å². The van der Waals surface area contributed by atoms with Crippen LogP contribution < -0.4 is 5.32 Å². The van der Waals surface area contributed by atoms with Crippen LogP contribution in [0.3, 0.4) is 0 Å². The Kier molecular flexibility index (Phi) is 5.12. The van der Waals surface area contributed by atoms with Crippen LogP contribution in [0.5, 0.6) is 0 Å². The summed E-state index contributed by atoms with van der Waals surface area (Å²) in [6.07, 6.45) is 1.59. The number of aryl methyl sites for hydroxylation is 1. The lowest BCUT2D eigenvalue weighted by atomic mass is 10.1. The molecule has 104 valence electrons. The van der Waals surface area contributed by atoms with E-state index < -0.39 is 5.91 Å². The summed E-state index contributed by atoms with van der Waals surface area (Å²) in [7, 11) is 0. The third kappa shape index (κ3) is 4.43. The van der Waals surface area contributed by atoms with Gasteiger partial charge in [-0.05, 0) is 59.4 Å². The standard InChI is InChI=1S/C17H13IN2O/c1-12-4-2-5-13(8-12)9-14(11-19)17(21)20-16-7-3-6-15(18)10-16/h2-10H,1H3,(H,20,21)/b14-9+. The van der Waals surface area contributed by atoms with E-state index in [4.69, 9.17) is 0 Å². The lowest BCUT2D eigenvalue weighted by Gasteiger charge is -2.05. The number of amides is 1. The molecule has 4 heteroatoms. The summed E-state index contributed by atoms with van der Waals surface area (Å²) in [5.41, 5.74) is 2.68. The SMILES string of the molecule is Cc1cccc(/C=C(\C#N)C(=O)Nc2cccc(I)c2)c1. The monoisotopic (exact) mass is 388 g/mol. The Morgan fingerprint density at radius 2 is 2.00 bits per heavy atom. The van der Waals surface area contributed by atoms with Crippen molar-refractivity contribution in [2.24, 2.45) is 0 Å². The number of carbonyl (C=O) groups is 1. The quantitative estimate of drug-likeness (QED) is 0.488.